The van der Waals surface area contributed by atoms with E-state index in [2.05, 4.69) is 6.92 Å². The summed E-state index contributed by atoms with van der Waals surface area (Å²) in [6.45, 7) is 5.81. The third-order valence-electron chi connectivity index (χ3n) is 4.80. The molecule has 18 heavy (non-hydrogen) atoms. The maximum absolute atomic E-state index is 11.0. The highest BCUT2D eigenvalue weighted by Gasteiger charge is 2.63. The lowest BCUT2D eigenvalue weighted by molar-refractivity contribution is -0.146. The van der Waals surface area contributed by atoms with Gasteiger partial charge >= 0.3 is 5.97 Å². The lowest BCUT2D eigenvalue weighted by Gasteiger charge is -2.39. The molecule has 0 spiro atoms. The zero-order valence-corrected chi connectivity index (χ0v) is 11.7. The van der Waals surface area contributed by atoms with Crippen molar-refractivity contribution in [3.05, 3.63) is 0 Å². The molecule has 2 bridgehead atoms. The normalized spacial score (nSPS) is 44.0. The Kier molecular flexibility index (Phi) is 3.55. The van der Waals surface area contributed by atoms with E-state index in [1.165, 1.54) is 6.92 Å². The lowest BCUT2D eigenvalue weighted by Crippen LogP contribution is -2.40. The quantitative estimate of drug-likeness (QED) is 0.575. The molecule has 0 aliphatic heterocycles. The molecule has 0 aromatic carbocycles. The van der Waals surface area contributed by atoms with Crippen LogP contribution >= 0.6 is 0 Å². The predicted octanol–water partition coefficient (Wildman–Crippen LogP) is 1.56. The largest absolute Gasteiger partial charge is 0.750 e. The van der Waals surface area contributed by atoms with Crippen LogP contribution < -0.4 is 0 Å². The van der Waals surface area contributed by atoms with Crippen LogP contribution in [-0.4, -0.2) is 27.4 Å². The van der Waals surface area contributed by atoms with Gasteiger partial charge in [-0.3, -0.25) is 8.98 Å². The van der Waals surface area contributed by atoms with Gasteiger partial charge in [0.25, 0.3) is 0 Å². The molecular formula is C12H19O5S-. The highest BCUT2D eigenvalue weighted by Crippen LogP contribution is 2.65. The van der Waals surface area contributed by atoms with Crippen molar-refractivity contribution in [2.45, 2.75) is 46.1 Å². The van der Waals surface area contributed by atoms with Crippen LogP contribution in [0, 0.1) is 16.7 Å². The molecular weight excluding hydrogens is 256 g/mol. The Morgan fingerprint density at radius 3 is 2.72 bits per heavy atom. The highest BCUT2D eigenvalue weighted by atomic mass is 32.2. The van der Waals surface area contributed by atoms with Gasteiger partial charge in [-0.05, 0) is 30.6 Å². The minimum atomic E-state index is -2.49. The minimum Gasteiger partial charge on any atom is -0.750 e. The summed E-state index contributed by atoms with van der Waals surface area (Å²) in [5.74, 6) is -0.213. The number of esters is 1. The smallest absolute Gasteiger partial charge is 0.302 e. The van der Waals surface area contributed by atoms with Crippen molar-refractivity contribution >= 4 is 17.3 Å². The number of fused-ring (bicyclic) bond motifs is 2. The number of ether oxygens (including phenoxy) is 1. The van der Waals surface area contributed by atoms with Gasteiger partial charge in [0.2, 0.25) is 0 Å². The van der Waals surface area contributed by atoms with Crippen LogP contribution in [0.3, 0.4) is 0 Å². The van der Waals surface area contributed by atoms with Gasteiger partial charge in [0.05, 0.1) is 24.1 Å². The summed E-state index contributed by atoms with van der Waals surface area (Å²) in [5, 5.41) is 0. The zero-order chi connectivity index (χ0) is 13.6. The molecule has 0 amide bonds. The summed E-state index contributed by atoms with van der Waals surface area (Å²) in [6, 6.07) is 0. The molecule has 0 aromatic rings. The Bertz CT molecular complexity index is 385. The summed E-state index contributed by atoms with van der Waals surface area (Å²) in [7, 11) is 0. The van der Waals surface area contributed by atoms with E-state index in [1.807, 2.05) is 6.92 Å². The van der Waals surface area contributed by atoms with E-state index in [0.717, 1.165) is 19.3 Å². The van der Waals surface area contributed by atoms with Crippen molar-refractivity contribution in [1.82, 2.24) is 0 Å². The Hall–Kier alpha value is -0.460. The fraction of sp³-hybridized carbons (Fsp3) is 0.917. The summed E-state index contributed by atoms with van der Waals surface area (Å²) in [6.07, 6.45) is 2.43. The second kappa shape index (κ2) is 4.58. The average molecular weight is 275 g/mol. The molecule has 2 rings (SSSR count). The van der Waals surface area contributed by atoms with Gasteiger partial charge in [-0.1, -0.05) is 13.8 Å². The van der Waals surface area contributed by atoms with Crippen LogP contribution in [-0.2, 0) is 25.1 Å². The number of hydrogen-bond donors (Lipinski definition) is 0. The first-order chi connectivity index (χ1) is 8.29. The molecule has 0 radical (unpaired) electrons. The number of rotatable bonds is 4. The van der Waals surface area contributed by atoms with Crippen LogP contribution in [0.1, 0.15) is 40.0 Å². The predicted molar refractivity (Wildman–Crippen MR) is 64.0 cm³/mol. The second-order valence-corrected chi connectivity index (χ2v) is 6.58. The molecule has 104 valence electrons. The van der Waals surface area contributed by atoms with Crippen LogP contribution in [0.4, 0.5) is 0 Å². The maximum Gasteiger partial charge on any atom is 0.302 e. The number of carbonyl (C=O) groups is 1. The van der Waals surface area contributed by atoms with Gasteiger partial charge in [-0.15, -0.1) is 0 Å². The van der Waals surface area contributed by atoms with Gasteiger partial charge in [-0.25, -0.2) is 4.21 Å². The van der Waals surface area contributed by atoms with E-state index in [0.29, 0.717) is 6.61 Å². The maximum atomic E-state index is 11.0. The first-order valence-electron chi connectivity index (χ1n) is 6.19. The van der Waals surface area contributed by atoms with Crippen LogP contribution in [0.15, 0.2) is 0 Å². The van der Waals surface area contributed by atoms with E-state index in [1.54, 1.807) is 0 Å². The highest BCUT2D eigenvalue weighted by molar-refractivity contribution is 7.74. The van der Waals surface area contributed by atoms with Crippen LogP contribution in [0.25, 0.3) is 0 Å². The monoisotopic (exact) mass is 275 g/mol. The molecule has 0 N–H and O–H groups in total. The molecule has 5 unspecified atom stereocenters. The topological polar surface area (TPSA) is 75.7 Å². The number of carbonyl (C=O) groups excluding carboxylic acids is 1. The van der Waals surface area contributed by atoms with Gasteiger partial charge in [0.1, 0.15) is 0 Å². The second-order valence-electron chi connectivity index (χ2n) is 5.98. The molecule has 0 aromatic heterocycles. The van der Waals surface area contributed by atoms with Crippen molar-refractivity contribution < 1.29 is 22.5 Å². The minimum absolute atomic E-state index is 0.0773. The Morgan fingerprint density at radius 1 is 1.50 bits per heavy atom. The first kappa shape index (κ1) is 14.0. The molecule has 5 atom stereocenters. The molecule has 0 heterocycles. The Morgan fingerprint density at radius 2 is 2.17 bits per heavy atom. The van der Waals surface area contributed by atoms with Gasteiger partial charge < -0.3 is 9.29 Å². The molecule has 2 fully saturated rings. The standard InChI is InChI=1S/C12H20O5S/c1-8-10(17-18(14)15)11(3)4-5-12(8,6-11)7-16-9(2)13/h8,10H,4-7H2,1-3H3,(H,14,15)/p-1. The third kappa shape index (κ3) is 2.21. The summed E-state index contributed by atoms with van der Waals surface area (Å²) < 4.78 is 31.8. The van der Waals surface area contributed by atoms with E-state index in [4.69, 9.17) is 8.92 Å². The molecule has 2 saturated carbocycles. The fourth-order valence-corrected chi connectivity index (χ4v) is 4.42. The lowest BCUT2D eigenvalue weighted by atomic mass is 9.73. The Balaban J connectivity index is 2.15. The van der Waals surface area contributed by atoms with Crippen LogP contribution in [0.2, 0.25) is 0 Å². The molecule has 2 aliphatic carbocycles. The summed E-state index contributed by atoms with van der Waals surface area (Å²) >= 11 is -2.49. The van der Waals surface area contributed by atoms with Crippen molar-refractivity contribution in [1.29, 1.82) is 0 Å². The first-order valence-corrected chi connectivity index (χ1v) is 7.19. The SMILES string of the molecule is CC(=O)OCC12CCC(C)(C1)C(OS(=O)[O-])C2C. The Labute approximate surface area is 110 Å². The van der Waals surface area contributed by atoms with Crippen molar-refractivity contribution in [3.63, 3.8) is 0 Å². The van der Waals surface area contributed by atoms with Gasteiger partial charge in [0.15, 0.2) is 0 Å². The van der Waals surface area contributed by atoms with Gasteiger partial charge in [0, 0.05) is 12.3 Å². The van der Waals surface area contributed by atoms with E-state index in [9.17, 15) is 13.6 Å². The molecule has 0 saturated heterocycles. The van der Waals surface area contributed by atoms with Crippen molar-refractivity contribution in [3.8, 4) is 0 Å². The number of hydrogen-bond acceptors (Lipinski definition) is 5. The summed E-state index contributed by atoms with van der Waals surface area (Å²) in [4.78, 5) is 11.0. The molecule has 6 heteroatoms. The zero-order valence-electron chi connectivity index (χ0n) is 10.9. The fourth-order valence-electron chi connectivity index (χ4n) is 3.86. The van der Waals surface area contributed by atoms with E-state index in [-0.39, 0.29) is 28.8 Å². The molecule has 2 aliphatic rings. The van der Waals surface area contributed by atoms with Crippen LogP contribution in [0.5, 0.6) is 0 Å². The summed E-state index contributed by atoms with van der Waals surface area (Å²) in [5.41, 5.74) is -0.246. The van der Waals surface area contributed by atoms with E-state index >= 15 is 0 Å². The molecule has 5 nitrogen and oxygen atoms in total. The third-order valence-corrected chi connectivity index (χ3v) is 5.17. The average Bonchev–Trinajstić information content (AvgIpc) is 2.70. The van der Waals surface area contributed by atoms with Crippen molar-refractivity contribution in [2.75, 3.05) is 6.61 Å². The van der Waals surface area contributed by atoms with Crippen molar-refractivity contribution in [2.24, 2.45) is 16.7 Å². The van der Waals surface area contributed by atoms with Gasteiger partial charge in [-0.2, -0.15) is 0 Å². The van der Waals surface area contributed by atoms with E-state index < -0.39 is 11.4 Å².